The molecule has 0 unspecified atom stereocenters. The maximum absolute atomic E-state index is 5.97. The van der Waals surface area contributed by atoms with Crippen LogP contribution in [0.2, 0.25) is 5.02 Å². The summed E-state index contributed by atoms with van der Waals surface area (Å²) in [7, 11) is 1.46. The molecule has 0 aliphatic rings. The first-order chi connectivity index (χ1) is 11.8. The number of aromatic nitrogens is 2. The molecule has 0 aliphatic carbocycles. The molecular weight excluding hydrogens is 330 g/mol. The van der Waals surface area contributed by atoms with Crippen molar-refractivity contribution in [3.8, 4) is 5.75 Å². The van der Waals surface area contributed by atoms with Gasteiger partial charge in [0, 0.05) is 10.6 Å². The summed E-state index contributed by atoms with van der Waals surface area (Å²) in [5.74, 6) is 0.951. The first-order valence-corrected chi connectivity index (χ1v) is 7.50. The third-order valence-electron chi connectivity index (χ3n) is 3.21. The number of nitrogens with zero attached hydrogens (tertiary/aromatic N) is 3. The molecule has 122 valence electrons. The Hall–Kier alpha value is -2.86. The lowest BCUT2D eigenvalue weighted by atomic mass is 10.0. The summed E-state index contributed by atoms with van der Waals surface area (Å²) < 4.78 is 11.1. The van der Waals surface area contributed by atoms with Gasteiger partial charge in [0.05, 0.1) is 0 Å². The lowest BCUT2D eigenvalue weighted by Crippen LogP contribution is -2.10. The van der Waals surface area contributed by atoms with Gasteiger partial charge in [0.25, 0.3) is 5.89 Å². The summed E-state index contributed by atoms with van der Waals surface area (Å²) >= 11 is 5.97. The molecule has 0 radical (unpaired) electrons. The van der Waals surface area contributed by atoms with Crippen LogP contribution < -0.4 is 4.74 Å². The predicted molar refractivity (Wildman–Crippen MR) is 89.2 cm³/mol. The molecule has 3 aromatic rings. The van der Waals surface area contributed by atoms with Crippen molar-refractivity contribution in [3.63, 3.8) is 0 Å². The molecule has 0 fully saturated rings. The zero-order valence-corrected chi connectivity index (χ0v) is 13.6. The van der Waals surface area contributed by atoms with E-state index in [1.165, 1.54) is 13.5 Å². The molecule has 0 aliphatic heterocycles. The van der Waals surface area contributed by atoms with Crippen LogP contribution in [0.5, 0.6) is 5.75 Å². The average Bonchev–Trinajstić information content (AvgIpc) is 3.13. The summed E-state index contributed by atoms with van der Waals surface area (Å²) in [6, 6.07) is 14.8. The number of hydrogen-bond acceptors (Lipinski definition) is 6. The second-order valence-corrected chi connectivity index (χ2v) is 5.21. The highest BCUT2D eigenvalue weighted by Gasteiger charge is 2.17. The first-order valence-electron chi connectivity index (χ1n) is 7.12. The van der Waals surface area contributed by atoms with Crippen LogP contribution in [0.3, 0.4) is 0 Å². The SMILES string of the molecule is CO/N=C(\c1nnco1)c1ccccc1COc1cccc(Cl)c1. The standard InChI is InChI=1S/C17H14ClN3O3/c1-22-21-16(17-20-19-11-24-17)15-8-3-2-5-12(15)10-23-14-7-4-6-13(18)9-14/h2-9,11H,10H2,1H3/b21-16-. The fraction of sp³-hybridized carbons (Fsp3) is 0.118. The number of halogens is 1. The molecule has 2 aromatic carbocycles. The van der Waals surface area contributed by atoms with Gasteiger partial charge in [0.2, 0.25) is 6.39 Å². The minimum atomic E-state index is 0.270. The van der Waals surface area contributed by atoms with Crippen LogP contribution in [0.25, 0.3) is 0 Å². The first kappa shape index (κ1) is 16.0. The summed E-state index contributed by atoms with van der Waals surface area (Å²) in [4.78, 5) is 4.92. The van der Waals surface area contributed by atoms with Crippen LogP contribution in [0, 0.1) is 0 Å². The van der Waals surface area contributed by atoms with E-state index in [-0.39, 0.29) is 5.89 Å². The van der Waals surface area contributed by atoms with Gasteiger partial charge in [0.15, 0.2) is 5.71 Å². The van der Waals surface area contributed by atoms with E-state index in [4.69, 9.17) is 25.6 Å². The van der Waals surface area contributed by atoms with Gasteiger partial charge in [-0.05, 0) is 23.8 Å². The molecule has 24 heavy (non-hydrogen) atoms. The van der Waals surface area contributed by atoms with Crippen molar-refractivity contribution < 1.29 is 14.0 Å². The summed E-state index contributed by atoms with van der Waals surface area (Å²) in [5.41, 5.74) is 2.12. The van der Waals surface area contributed by atoms with Gasteiger partial charge in [-0.1, -0.05) is 47.1 Å². The average molecular weight is 344 g/mol. The van der Waals surface area contributed by atoms with Crippen LogP contribution in [0.1, 0.15) is 17.0 Å². The normalized spacial score (nSPS) is 11.3. The van der Waals surface area contributed by atoms with Gasteiger partial charge < -0.3 is 14.0 Å². The molecule has 3 rings (SSSR count). The van der Waals surface area contributed by atoms with E-state index < -0.39 is 0 Å². The lowest BCUT2D eigenvalue weighted by molar-refractivity contribution is 0.213. The Labute approximate surface area is 143 Å². The fourth-order valence-electron chi connectivity index (χ4n) is 2.17. The summed E-state index contributed by atoms with van der Waals surface area (Å²) in [6.45, 7) is 0.327. The van der Waals surface area contributed by atoms with Crippen LogP contribution in [-0.2, 0) is 11.4 Å². The maximum atomic E-state index is 5.97. The Kier molecular flexibility index (Phi) is 5.08. The number of oxime groups is 1. The van der Waals surface area contributed by atoms with Crippen molar-refractivity contribution in [1.82, 2.24) is 10.2 Å². The van der Waals surface area contributed by atoms with Crippen molar-refractivity contribution in [2.75, 3.05) is 7.11 Å². The Morgan fingerprint density at radius 2 is 2.08 bits per heavy atom. The quantitative estimate of drug-likeness (QED) is 0.504. The Bertz CT molecular complexity index is 835. The molecule has 0 atom stereocenters. The molecule has 0 amide bonds. The van der Waals surface area contributed by atoms with Crippen molar-refractivity contribution in [2.45, 2.75) is 6.61 Å². The predicted octanol–water partition coefficient (Wildman–Crippen LogP) is 3.70. The Morgan fingerprint density at radius 3 is 2.83 bits per heavy atom. The summed E-state index contributed by atoms with van der Waals surface area (Å²) in [5, 5.41) is 12.2. The highest BCUT2D eigenvalue weighted by atomic mass is 35.5. The minimum Gasteiger partial charge on any atom is -0.489 e. The molecule has 1 aromatic heterocycles. The van der Waals surface area contributed by atoms with Gasteiger partial charge in [-0.15, -0.1) is 10.2 Å². The highest BCUT2D eigenvalue weighted by Crippen LogP contribution is 2.20. The van der Waals surface area contributed by atoms with Gasteiger partial charge in [0.1, 0.15) is 19.5 Å². The molecular formula is C17H14ClN3O3. The largest absolute Gasteiger partial charge is 0.489 e. The van der Waals surface area contributed by atoms with E-state index in [9.17, 15) is 0 Å². The van der Waals surface area contributed by atoms with Crippen LogP contribution in [0.4, 0.5) is 0 Å². The third kappa shape index (κ3) is 3.72. The molecule has 0 saturated carbocycles. The second-order valence-electron chi connectivity index (χ2n) is 4.77. The molecule has 6 nitrogen and oxygen atoms in total. The van der Waals surface area contributed by atoms with E-state index in [2.05, 4.69) is 15.4 Å². The molecule has 1 heterocycles. The van der Waals surface area contributed by atoms with Crippen LogP contribution in [-0.4, -0.2) is 23.0 Å². The van der Waals surface area contributed by atoms with E-state index in [1.807, 2.05) is 36.4 Å². The lowest BCUT2D eigenvalue weighted by Gasteiger charge is -2.11. The van der Waals surface area contributed by atoms with Crippen molar-refractivity contribution in [1.29, 1.82) is 0 Å². The number of rotatable bonds is 6. The molecule has 7 heteroatoms. The van der Waals surface area contributed by atoms with Gasteiger partial charge in [-0.3, -0.25) is 0 Å². The smallest absolute Gasteiger partial charge is 0.270 e. The monoisotopic (exact) mass is 343 g/mol. The molecule has 0 N–H and O–H groups in total. The summed E-state index contributed by atoms with van der Waals surface area (Å²) in [6.07, 6.45) is 1.24. The van der Waals surface area contributed by atoms with E-state index in [0.29, 0.717) is 23.1 Å². The Balaban J connectivity index is 1.88. The molecule has 0 saturated heterocycles. The van der Waals surface area contributed by atoms with E-state index in [0.717, 1.165) is 11.1 Å². The second kappa shape index (κ2) is 7.61. The minimum absolute atomic E-state index is 0.270. The van der Waals surface area contributed by atoms with E-state index in [1.54, 1.807) is 12.1 Å². The van der Waals surface area contributed by atoms with Crippen molar-refractivity contribution >= 4 is 17.3 Å². The van der Waals surface area contributed by atoms with Crippen molar-refractivity contribution in [2.24, 2.45) is 5.16 Å². The van der Waals surface area contributed by atoms with Crippen LogP contribution >= 0.6 is 11.6 Å². The van der Waals surface area contributed by atoms with Gasteiger partial charge in [-0.2, -0.15) is 0 Å². The van der Waals surface area contributed by atoms with E-state index >= 15 is 0 Å². The van der Waals surface area contributed by atoms with Gasteiger partial charge >= 0.3 is 0 Å². The third-order valence-corrected chi connectivity index (χ3v) is 3.44. The Morgan fingerprint density at radius 1 is 1.21 bits per heavy atom. The number of benzene rings is 2. The molecule has 0 spiro atoms. The number of ether oxygens (including phenoxy) is 1. The molecule has 0 bridgehead atoms. The zero-order chi connectivity index (χ0) is 16.8. The van der Waals surface area contributed by atoms with Crippen LogP contribution in [0.15, 0.2) is 64.5 Å². The zero-order valence-electron chi connectivity index (χ0n) is 12.8. The topological polar surface area (TPSA) is 69.7 Å². The van der Waals surface area contributed by atoms with Crippen molar-refractivity contribution in [3.05, 3.63) is 77.0 Å². The maximum Gasteiger partial charge on any atom is 0.270 e. The van der Waals surface area contributed by atoms with Gasteiger partial charge in [-0.25, -0.2) is 0 Å². The fourth-order valence-corrected chi connectivity index (χ4v) is 2.35. The highest BCUT2D eigenvalue weighted by molar-refractivity contribution is 6.30. The number of hydrogen-bond donors (Lipinski definition) is 0.